The zero-order valence-corrected chi connectivity index (χ0v) is 16.4. The van der Waals surface area contributed by atoms with Crippen molar-refractivity contribution in [1.82, 2.24) is 14.9 Å². The van der Waals surface area contributed by atoms with E-state index >= 15 is 0 Å². The van der Waals surface area contributed by atoms with Crippen molar-refractivity contribution in [2.45, 2.75) is 24.0 Å². The molecule has 3 rings (SSSR count). The number of halogens is 1. The molecular formula is C18H20ClN3O3S. The van der Waals surface area contributed by atoms with Crippen LogP contribution in [-0.2, 0) is 0 Å². The Balaban J connectivity index is 1.97. The molecule has 0 spiro atoms. The summed E-state index contributed by atoms with van der Waals surface area (Å²) in [4.78, 5) is 23.4. The Morgan fingerprint density at radius 2 is 2.15 bits per heavy atom. The standard InChI is InChI=1S/C18H20ClN3O3S/c1-24-11-6-7-15(25-2)12(9-11)14-5-4-8-22(14)17(23)16-13(19)10-20-18(21-16)26-3/h6-7,9-10,14H,4-5,8H2,1-3H3. The van der Waals surface area contributed by atoms with Crippen molar-refractivity contribution in [3.63, 3.8) is 0 Å². The first-order valence-corrected chi connectivity index (χ1v) is 9.78. The quantitative estimate of drug-likeness (QED) is 0.568. The van der Waals surface area contributed by atoms with Gasteiger partial charge in [-0.05, 0) is 37.3 Å². The first-order chi connectivity index (χ1) is 12.6. The Kier molecular flexibility index (Phi) is 5.88. The van der Waals surface area contributed by atoms with E-state index in [2.05, 4.69) is 9.97 Å². The lowest BCUT2D eigenvalue weighted by Crippen LogP contribution is -2.31. The van der Waals surface area contributed by atoms with Gasteiger partial charge in [-0.1, -0.05) is 23.4 Å². The van der Waals surface area contributed by atoms with Crippen LogP contribution in [0.5, 0.6) is 11.5 Å². The van der Waals surface area contributed by atoms with Crippen LogP contribution in [0.1, 0.15) is 34.9 Å². The van der Waals surface area contributed by atoms with Crippen molar-refractivity contribution in [3.8, 4) is 11.5 Å². The summed E-state index contributed by atoms with van der Waals surface area (Å²) in [5.74, 6) is 1.26. The third kappa shape index (κ3) is 3.59. The molecule has 1 aromatic heterocycles. The second-order valence-corrected chi connectivity index (χ2v) is 7.00. The van der Waals surface area contributed by atoms with E-state index in [0.717, 1.165) is 29.9 Å². The topological polar surface area (TPSA) is 64.6 Å². The highest BCUT2D eigenvalue weighted by Gasteiger charge is 2.34. The van der Waals surface area contributed by atoms with Crippen molar-refractivity contribution in [2.75, 3.05) is 27.0 Å². The van der Waals surface area contributed by atoms with Crippen LogP contribution in [0.2, 0.25) is 5.02 Å². The van der Waals surface area contributed by atoms with Crippen molar-refractivity contribution in [1.29, 1.82) is 0 Å². The molecule has 1 aliphatic heterocycles. The summed E-state index contributed by atoms with van der Waals surface area (Å²) in [7, 11) is 3.24. The summed E-state index contributed by atoms with van der Waals surface area (Å²) in [6.07, 6.45) is 5.07. The highest BCUT2D eigenvalue weighted by Crippen LogP contribution is 2.39. The fourth-order valence-electron chi connectivity index (χ4n) is 3.17. The van der Waals surface area contributed by atoms with Gasteiger partial charge in [0.25, 0.3) is 5.91 Å². The maximum absolute atomic E-state index is 13.1. The Labute approximate surface area is 161 Å². The molecule has 0 radical (unpaired) electrons. The third-order valence-corrected chi connectivity index (χ3v) is 5.26. The molecule has 6 nitrogen and oxygen atoms in total. The molecule has 1 amide bonds. The number of nitrogens with zero attached hydrogens (tertiary/aromatic N) is 3. The van der Waals surface area contributed by atoms with Gasteiger partial charge in [-0.25, -0.2) is 9.97 Å². The lowest BCUT2D eigenvalue weighted by Gasteiger charge is -2.26. The van der Waals surface area contributed by atoms with Gasteiger partial charge in [-0.3, -0.25) is 4.79 Å². The fourth-order valence-corrected chi connectivity index (χ4v) is 3.68. The Morgan fingerprint density at radius 1 is 1.35 bits per heavy atom. The number of hydrogen-bond donors (Lipinski definition) is 0. The van der Waals surface area contributed by atoms with Crippen molar-refractivity contribution >= 4 is 29.3 Å². The molecule has 1 fully saturated rings. The van der Waals surface area contributed by atoms with Crippen LogP contribution in [0.25, 0.3) is 0 Å². The van der Waals surface area contributed by atoms with E-state index < -0.39 is 0 Å². The van der Waals surface area contributed by atoms with E-state index in [-0.39, 0.29) is 22.7 Å². The molecule has 138 valence electrons. The summed E-state index contributed by atoms with van der Waals surface area (Å²) in [6, 6.07) is 5.51. The molecule has 2 heterocycles. The minimum Gasteiger partial charge on any atom is -0.497 e. The second kappa shape index (κ2) is 8.14. The average Bonchev–Trinajstić information content (AvgIpc) is 3.17. The van der Waals surface area contributed by atoms with E-state index in [9.17, 15) is 4.79 Å². The molecule has 0 saturated carbocycles. The summed E-state index contributed by atoms with van der Waals surface area (Å²) in [6.45, 7) is 0.638. The lowest BCUT2D eigenvalue weighted by atomic mass is 10.0. The van der Waals surface area contributed by atoms with Crippen LogP contribution in [0.3, 0.4) is 0 Å². The SMILES string of the molecule is COc1ccc(OC)c(C2CCCN2C(=O)c2nc(SC)ncc2Cl)c1. The van der Waals surface area contributed by atoms with E-state index in [1.165, 1.54) is 18.0 Å². The molecule has 1 unspecified atom stereocenters. The monoisotopic (exact) mass is 393 g/mol. The number of carbonyl (C=O) groups excluding carboxylic acids is 1. The number of benzene rings is 1. The molecule has 8 heteroatoms. The van der Waals surface area contributed by atoms with Crippen LogP contribution in [-0.4, -0.2) is 47.8 Å². The minimum atomic E-state index is -0.194. The highest BCUT2D eigenvalue weighted by atomic mass is 35.5. The molecule has 1 aliphatic rings. The van der Waals surface area contributed by atoms with Gasteiger partial charge in [0.15, 0.2) is 10.9 Å². The maximum Gasteiger partial charge on any atom is 0.274 e. The van der Waals surface area contributed by atoms with Crippen molar-refractivity contribution in [2.24, 2.45) is 0 Å². The molecule has 0 bridgehead atoms. The number of ether oxygens (including phenoxy) is 2. The molecule has 2 aromatic rings. The Morgan fingerprint density at radius 3 is 2.85 bits per heavy atom. The molecule has 26 heavy (non-hydrogen) atoms. The number of amides is 1. The molecule has 1 atom stereocenters. The molecule has 1 aromatic carbocycles. The third-order valence-electron chi connectivity index (χ3n) is 4.42. The Hall–Kier alpha value is -1.99. The lowest BCUT2D eigenvalue weighted by molar-refractivity contribution is 0.0727. The number of hydrogen-bond acceptors (Lipinski definition) is 6. The van der Waals surface area contributed by atoms with E-state index in [1.807, 2.05) is 24.5 Å². The summed E-state index contributed by atoms with van der Waals surface area (Å²) in [5.41, 5.74) is 1.16. The van der Waals surface area contributed by atoms with Crippen LogP contribution < -0.4 is 9.47 Å². The summed E-state index contributed by atoms with van der Waals surface area (Å²) < 4.78 is 10.8. The number of rotatable bonds is 5. The number of thioether (sulfide) groups is 1. The van der Waals surface area contributed by atoms with Crippen molar-refractivity contribution < 1.29 is 14.3 Å². The predicted molar refractivity (Wildman–Crippen MR) is 101 cm³/mol. The van der Waals surface area contributed by atoms with Gasteiger partial charge in [0, 0.05) is 12.1 Å². The summed E-state index contributed by atoms with van der Waals surface area (Å²) >= 11 is 7.57. The van der Waals surface area contributed by atoms with Crippen LogP contribution in [0.4, 0.5) is 0 Å². The normalized spacial score (nSPS) is 16.6. The van der Waals surface area contributed by atoms with E-state index in [4.69, 9.17) is 21.1 Å². The molecule has 1 saturated heterocycles. The van der Waals surface area contributed by atoms with Gasteiger partial charge < -0.3 is 14.4 Å². The van der Waals surface area contributed by atoms with Gasteiger partial charge in [0.05, 0.1) is 31.5 Å². The zero-order chi connectivity index (χ0) is 18.7. The smallest absolute Gasteiger partial charge is 0.274 e. The van der Waals surface area contributed by atoms with Gasteiger partial charge in [-0.15, -0.1) is 0 Å². The van der Waals surface area contributed by atoms with Gasteiger partial charge >= 0.3 is 0 Å². The van der Waals surface area contributed by atoms with E-state index in [0.29, 0.717) is 11.7 Å². The van der Waals surface area contributed by atoms with Crippen LogP contribution in [0.15, 0.2) is 29.6 Å². The number of methoxy groups -OCH3 is 2. The van der Waals surface area contributed by atoms with Crippen molar-refractivity contribution in [3.05, 3.63) is 40.7 Å². The van der Waals surface area contributed by atoms with Gasteiger partial charge in [-0.2, -0.15) is 0 Å². The first-order valence-electron chi connectivity index (χ1n) is 8.18. The van der Waals surface area contributed by atoms with Crippen LogP contribution in [0, 0.1) is 0 Å². The first kappa shape index (κ1) is 18.8. The largest absolute Gasteiger partial charge is 0.497 e. The van der Waals surface area contributed by atoms with Gasteiger partial charge in [0.1, 0.15) is 11.5 Å². The highest BCUT2D eigenvalue weighted by molar-refractivity contribution is 7.98. The van der Waals surface area contributed by atoms with Crippen LogP contribution >= 0.6 is 23.4 Å². The number of aromatic nitrogens is 2. The fraction of sp³-hybridized carbons (Fsp3) is 0.389. The summed E-state index contributed by atoms with van der Waals surface area (Å²) in [5, 5.41) is 0.781. The molecule has 0 aliphatic carbocycles. The zero-order valence-electron chi connectivity index (χ0n) is 14.9. The van der Waals surface area contributed by atoms with Gasteiger partial charge in [0.2, 0.25) is 0 Å². The maximum atomic E-state index is 13.1. The molecule has 0 N–H and O–H groups in total. The average molecular weight is 394 g/mol. The second-order valence-electron chi connectivity index (χ2n) is 5.82. The number of likely N-dealkylation sites (tertiary alicyclic amines) is 1. The molecular weight excluding hydrogens is 374 g/mol. The Bertz CT molecular complexity index is 818. The number of carbonyl (C=O) groups is 1. The van der Waals surface area contributed by atoms with E-state index in [1.54, 1.807) is 19.1 Å². The minimum absolute atomic E-state index is 0.115. The predicted octanol–water partition coefficient (Wildman–Crippen LogP) is 3.85.